The second-order valence-electron chi connectivity index (χ2n) is 5.66. The van der Waals surface area contributed by atoms with Gasteiger partial charge in [-0.25, -0.2) is 4.68 Å². The van der Waals surface area contributed by atoms with E-state index in [1.807, 2.05) is 6.92 Å². The largest absolute Gasteiger partial charge is 0.368 e. The van der Waals surface area contributed by atoms with Crippen molar-refractivity contribution >= 4 is 0 Å². The third-order valence-electron chi connectivity index (χ3n) is 4.30. The standard InChI is InChI=1S/C15H18N4O/c1-11-14-10-20-15-9-18(7-12-5-3-2-4-6-12)8-13(15)19(14)17-16-11/h2-6,13,15H,7-10H2,1H3/t13-,15?/m1/s1. The molecule has 0 bridgehead atoms. The molecule has 0 radical (unpaired) electrons. The van der Waals surface area contributed by atoms with Crippen molar-refractivity contribution in [3.63, 3.8) is 0 Å². The predicted molar refractivity (Wildman–Crippen MR) is 74.1 cm³/mol. The van der Waals surface area contributed by atoms with Crippen molar-refractivity contribution in [3.8, 4) is 0 Å². The molecule has 1 aromatic carbocycles. The number of nitrogens with zero attached hydrogens (tertiary/aromatic N) is 4. The van der Waals surface area contributed by atoms with Gasteiger partial charge in [-0.15, -0.1) is 5.10 Å². The monoisotopic (exact) mass is 270 g/mol. The summed E-state index contributed by atoms with van der Waals surface area (Å²) in [6.45, 7) is 5.56. The fraction of sp³-hybridized carbons (Fsp3) is 0.467. The summed E-state index contributed by atoms with van der Waals surface area (Å²) in [5, 5.41) is 8.48. The SMILES string of the molecule is Cc1nnn2c1COC1CN(Cc3ccccc3)C[C@H]12. The molecule has 0 N–H and O–H groups in total. The van der Waals surface area contributed by atoms with Gasteiger partial charge in [-0.3, -0.25) is 4.90 Å². The molecule has 2 aliphatic heterocycles. The number of rotatable bonds is 2. The molecule has 5 heteroatoms. The number of hydrogen-bond donors (Lipinski definition) is 0. The highest BCUT2D eigenvalue weighted by Crippen LogP contribution is 2.31. The third kappa shape index (κ3) is 1.94. The zero-order chi connectivity index (χ0) is 13.5. The summed E-state index contributed by atoms with van der Waals surface area (Å²) >= 11 is 0. The molecule has 1 unspecified atom stereocenters. The molecule has 4 rings (SSSR count). The molecule has 1 saturated heterocycles. The first-order valence-corrected chi connectivity index (χ1v) is 7.10. The van der Waals surface area contributed by atoms with Gasteiger partial charge in [-0.05, 0) is 12.5 Å². The normalized spacial score (nSPS) is 25.4. The molecule has 0 spiro atoms. The van der Waals surface area contributed by atoms with Gasteiger partial charge in [0.25, 0.3) is 0 Å². The van der Waals surface area contributed by atoms with Crippen molar-refractivity contribution in [1.82, 2.24) is 19.9 Å². The predicted octanol–water partition coefficient (Wildman–Crippen LogP) is 1.54. The maximum Gasteiger partial charge on any atom is 0.0944 e. The van der Waals surface area contributed by atoms with E-state index in [2.05, 4.69) is 50.2 Å². The van der Waals surface area contributed by atoms with E-state index in [1.165, 1.54) is 5.56 Å². The average Bonchev–Trinajstić information content (AvgIpc) is 3.03. The minimum Gasteiger partial charge on any atom is -0.368 e. The highest BCUT2D eigenvalue weighted by Gasteiger charge is 2.39. The van der Waals surface area contributed by atoms with Crippen molar-refractivity contribution in [3.05, 3.63) is 47.3 Å². The van der Waals surface area contributed by atoms with Gasteiger partial charge in [0.1, 0.15) is 0 Å². The molecule has 5 nitrogen and oxygen atoms in total. The molecular formula is C15H18N4O. The Morgan fingerprint density at radius 3 is 2.95 bits per heavy atom. The van der Waals surface area contributed by atoms with Gasteiger partial charge in [0.05, 0.1) is 30.1 Å². The van der Waals surface area contributed by atoms with Gasteiger partial charge in [-0.1, -0.05) is 35.5 Å². The molecule has 104 valence electrons. The van der Waals surface area contributed by atoms with E-state index in [0.717, 1.165) is 31.0 Å². The summed E-state index contributed by atoms with van der Waals surface area (Å²) in [6, 6.07) is 10.9. The maximum absolute atomic E-state index is 5.99. The van der Waals surface area contributed by atoms with Crippen LogP contribution in [0.25, 0.3) is 0 Å². The van der Waals surface area contributed by atoms with Gasteiger partial charge in [0, 0.05) is 19.6 Å². The average molecular weight is 270 g/mol. The van der Waals surface area contributed by atoms with Crippen LogP contribution in [0.2, 0.25) is 0 Å². The molecule has 20 heavy (non-hydrogen) atoms. The van der Waals surface area contributed by atoms with Gasteiger partial charge in [-0.2, -0.15) is 0 Å². The van der Waals surface area contributed by atoms with Crippen LogP contribution in [0, 0.1) is 6.92 Å². The summed E-state index contributed by atoms with van der Waals surface area (Å²) in [5.74, 6) is 0. The summed E-state index contributed by atoms with van der Waals surface area (Å²) in [6.07, 6.45) is 0.243. The number of benzene rings is 1. The van der Waals surface area contributed by atoms with Crippen LogP contribution < -0.4 is 0 Å². The molecular weight excluding hydrogens is 252 g/mol. The fourth-order valence-corrected chi connectivity index (χ4v) is 3.22. The lowest BCUT2D eigenvalue weighted by molar-refractivity contribution is -0.00549. The van der Waals surface area contributed by atoms with E-state index >= 15 is 0 Å². The van der Waals surface area contributed by atoms with Gasteiger partial charge in [0.2, 0.25) is 0 Å². The number of aryl methyl sites for hydroxylation is 1. The second kappa shape index (κ2) is 4.68. The number of aromatic nitrogens is 3. The lowest BCUT2D eigenvalue weighted by atomic mass is 10.1. The van der Waals surface area contributed by atoms with Gasteiger partial charge >= 0.3 is 0 Å². The Balaban J connectivity index is 1.53. The Morgan fingerprint density at radius 2 is 2.10 bits per heavy atom. The molecule has 1 aromatic heterocycles. The van der Waals surface area contributed by atoms with E-state index in [9.17, 15) is 0 Å². The van der Waals surface area contributed by atoms with Crippen molar-refractivity contribution in [2.45, 2.75) is 32.2 Å². The molecule has 0 aliphatic carbocycles. The molecule has 2 aliphatic rings. The van der Waals surface area contributed by atoms with Crippen LogP contribution >= 0.6 is 0 Å². The summed E-state index contributed by atoms with van der Waals surface area (Å²) in [7, 11) is 0. The van der Waals surface area contributed by atoms with Gasteiger partial charge in [0.15, 0.2) is 0 Å². The topological polar surface area (TPSA) is 43.2 Å². The van der Waals surface area contributed by atoms with Crippen LogP contribution in [0.5, 0.6) is 0 Å². The molecule has 0 amide bonds. The number of fused-ring (bicyclic) bond motifs is 3. The van der Waals surface area contributed by atoms with Crippen LogP contribution in [-0.4, -0.2) is 39.1 Å². The molecule has 2 atom stereocenters. The lowest BCUT2D eigenvalue weighted by Gasteiger charge is -2.26. The Morgan fingerprint density at radius 1 is 1.25 bits per heavy atom. The van der Waals surface area contributed by atoms with E-state index in [-0.39, 0.29) is 6.10 Å². The van der Waals surface area contributed by atoms with Crippen LogP contribution in [0.3, 0.4) is 0 Å². The summed E-state index contributed by atoms with van der Waals surface area (Å²) in [4.78, 5) is 2.44. The number of likely N-dealkylation sites (tertiary alicyclic amines) is 1. The molecule has 2 aromatic rings. The Hall–Kier alpha value is -1.72. The van der Waals surface area contributed by atoms with Crippen molar-refractivity contribution in [2.24, 2.45) is 0 Å². The number of ether oxygens (including phenoxy) is 1. The van der Waals surface area contributed by atoms with E-state index in [4.69, 9.17) is 4.74 Å². The Labute approximate surface area is 118 Å². The minimum absolute atomic E-state index is 0.243. The third-order valence-corrected chi connectivity index (χ3v) is 4.30. The summed E-state index contributed by atoms with van der Waals surface area (Å²) < 4.78 is 8.07. The van der Waals surface area contributed by atoms with Crippen LogP contribution in [-0.2, 0) is 17.9 Å². The molecule has 3 heterocycles. The highest BCUT2D eigenvalue weighted by molar-refractivity contribution is 5.16. The van der Waals surface area contributed by atoms with Crippen molar-refractivity contribution < 1.29 is 4.74 Å². The van der Waals surface area contributed by atoms with Crippen LogP contribution in [0.4, 0.5) is 0 Å². The minimum atomic E-state index is 0.243. The second-order valence-corrected chi connectivity index (χ2v) is 5.66. The zero-order valence-corrected chi connectivity index (χ0v) is 11.6. The smallest absolute Gasteiger partial charge is 0.0944 e. The Kier molecular flexibility index (Phi) is 2.82. The van der Waals surface area contributed by atoms with Crippen molar-refractivity contribution in [1.29, 1.82) is 0 Å². The Bertz CT molecular complexity index is 610. The van der Waals surface area contributed by atoms with E-state index < -0.39 is 0 Å². The summed E-state index contributed by atoms with van der Waals surface area (Å²) in [5.41, 5.74) is 3.47. The van der Waals surface area contributed by atoms with Crippen molar-refractivity contribution in [2.75, 3.05) is 13.1 Å². The fourth-order valence-electron chi connectivity index (χ4n) is 3.22. The quantitative estimate of drug-likeness (QED) is 0.830. The first kappa shape index (κ1) is 12.1. The highest BCUT2D eigenvalue weighted by atomic mass is 16.5. The molecule has 1 fully saturated rings. The van der Waals surface area contributed by atoms with Crippen LogP contribution in [0.1, 0.15) is 23.0 Å². The first-order chi connectivity index (χ1) is 9.81. The van der Waals surface area contributed by atoms with Crippen LogP contribution in [0.15, 0.2) is 30.3 Å². The number of hydrogen-bond acceptors (Lipinski definition) is 4. The molecule has 0 saturated carbocycles. The maximum atomic E-state index is 5.99. The first-order valence-electron chi connectivity index (χ1n) is 7.10. The van der Waals surface area contributed by atoms with E-state index in [1.54, 1.807) is 0 Å². The lowest BCUT2D eigenvalue weighted by Crippen LogP contribution is -2.32. The zero-order valence-electron chi connectivity index (χ0n) is 11.6. The van der Waals surface area contributed by atoms with E-state index in [0.29, 0.717) is 12.6 Å². The van der Waals surface area contributed by atoms with Gasteiger partial charge < -0.3 is 4.74 Å².